The molecule has 0 bridgehead atoms. The maximum Gasteiger partial charge on any atom is 0.118 e. The van der Waals surface area contributed by atoms with Gasteiger partial charge >= 0.3 is 0 Å². The van der Waals surface area contributed by atoms with Crippen LogP contribution in [0.25, 0.3) is 0 Å². The van der Waals surface area contributed by atoms with Gasteiger partial charge in [0, 0.05) is 14.2 Å². The Morgan fingerprint density at radius 1 is 0.322 bits per heavy atom. The van der Waals surface area contributed by atoms with Crippen molar-refractivity contribution in [3.8, 4) is 23.0 Å². The summed E-state index contributed by atoms with van der Waals surface area (Å²) in [5.41, 5.74) is 1.41. The maximum absolute atomic E-state index is 4.91. The van der Waals surface area contributed by atoms with E-state index in [1.54, 1.807) is 42.7 Å². The summed E-state index contributed by atoms with van der Waals surface area (Å²) in [5, 5.41) is 0. The summed E-state index contributed by atoms with van der Waals surface area (Å²) in [6, 6.07) is 49.2. The fourth-order valence-electron chi connectivity index (χ4n) is 3.06. The van der Waals surface area contributed by atoms with E-state index < -0.39 is 0 Å². The molecule has 59 heavy (non-hydrogen) atoms. The zero-order valence-electron chi connectivity index (χ0n) is 41.0. The lowest BCUT2D eigenvalue weighted by molar-refractivity contribution is 0.277. The smallest absolute Gasteiger partial charge is 0.118 e. The van der Waals surface area contributed by atoms with Crippen LogP contribution in [-0.2, 0) is 4.74 Å². The van der Waals surface area contributed by atoms with E-state index in [0.29, 0.717) is 5.92 Å². The third kappa shape index (κ3) is 62.7. The number of hydrogen-bond donors (Lipinski definition) is 0. The first-order valence-corrected chi connectivity index (χ1v) is 21.1. The SMILES string of the molecule is C.CC.CC.CC.CC.CC(C)c1ccccc1.CCC.CCC.COC.COc1ccccc1.COc1ccccc1.COc1ccccc1.COc1ccccc1. The average Bonchev–Trinajstić information content (AvgIpc) is 3.32. The maximum atomic E-state index is 4.91. The normalized spacial score (nSPS) is 7.54. The predicted molar refractivity (Wildman–Crippen MR) is 269 cm³/mol. The molecule has 0 N–H and O–H groups in total. The van der Waals surface area contributed by atoms with E-state index in [9.17, 15) is 0 Å². The first-order valence-electron chi connectivity index (χ1n) is 21.1. The molecule has 0 heterocycles. The Balaban J connectivity index is -0.0000000837. The lowest BCUT2D eigenvalue weighted by atomic mass is 10.0. The Bertz CT molecular complexity index is 1110. The van der Waals surface area contributed by atoms with Gasteiger partial charge in [0.25, 0.3) is 0 Å². The molecule has 0 atom stereocenters. The van der Waals surface area contributed by atoms with Crippen LogP contribution in [-0.4, -0.2) is 42.7 Å². The second-order valence-corrected chi connectivity index (χ2v) is 10.5. The number of ether oxygens (including phenoxy) is 5. The van der Waals surface area contributed by atoms with Crippen LogP contribution in [0, 0.1) is 0 Å². The van der Waals surface area contributed by atoms with Crippen molar-refractivity contribution in [3.05, 3.63) is 157 Å². The van der Waals surface area contributed by atoms with Crippen molar-refractivity contribution in [2.75, 3.05) is 42.7 Å². The van der Waals surface area contributed by atoms with Gasteiger partial charge in [-0.2, -0.15) is 0 Å². The molecule has 0 amide bonds. The van der Waals surface area contributed by atoms with E-state index in [-0.39, 0.29) is 7.43 Å². The summed E-state index contributed by atoms with van der Waals surface area (Å²) < 4.78 is 23.9. The fraction of sp³-hybridized carbons (Fsp3) is 0.444. The molecule has 5 nitrogen and oxygen atoms in total. The molecule has 0 saturated carbocycles. The largest absolute Gasteiger partial charge is 0.497 e. The number of rotatable bonds is 5. The molecule has 0 aliphatic rings. The van der Waals surface area contributed by atoms with Crippen molar-refractivity contribution >= 4 is 0 Å². The molecule has 0 saturated heterocycles. The van der Waals surface area contributed by atoms with Gasteiger partial charge in [-0.05, 0) is 60.0 Å². The lowest BCUT2D eigenvalue weighted by Crippen LogP contribution is -1.83. The van der Waals surface area contributed by atoms with E-state index in [2.05, 4.69) is 70.5 Å². The average molecular weight is 823 g/mol. The summed E-state index contributed by atoms with van der Waals surface area (Å²) in [7, 11) is 9.90. The number of benzene rings is 5. The number of hydrogen-bond acceptors (Lipinski definition) is 5. The van der Waals surface area contributed by atoms with Gasteiger partial charge in [0.15, 0.2) is 0 Å². The second kappa shape index (κ2) is 71.0. The quantitative estimate of drug-likeness (QED) is 0.177. The van der Waals surface area contributed by atoms with Gasteiger partial charge < -0.3 is 23.7 Å². The monoisotopic (exact) mass is 823 g/mol. The molecule has 5 heteroatoms. The first-order chi connectivity index (χ1) is 28.3. The summed E-state index contributed by atoms with van der Waals surface area (Å²) >= 11 is 0. The van der Waals surface area contributed by atoms with Crippen LogP contribution in [0.3, 0.4) is 0 Å². The highest BCUT2D eigenvalue weighted by Gasteiger charge is 1.93. The van der Waals surface area contributed by atoms with Gasteiger partial charge in [0.1, 0.15) is 23.0 Å². The van der Waals surface area contributed by atoms with Crippen LogP contribution in [0.4, 0.5) is 0 Å². The van der Waals surface area contributed by atoms with Gasteiger partial charge in [-0.3, -0.25) is 0 Å². The lowest BCUT2D eigenvalue weighted by Gasteiger charge is -2.01. The van der Waals surface area contributed by atoms with Crippen molar-refractivity contribution in [1.29, 1.82) is 0 Å². The Kier molecular flexibility index (Phi) is 86.6. The zero-order chi connectivity index (χ0) is 46.1. The highest BCUT2D eigenvalue weighted by Crippen LogP contribution is 2.12. The Hall–Kier alpha value is -4.74. The molecule has 0 aromatic heterocycles. The third-order valence-electron chi connectivity index (χ3n) is 5.38. The fourth-order valence-corrected chi connectivity index (χ4v) is 3.06. The molecular formula is C54H94O5. The van der Waals surface area contributed by atoms with Crippen molar-refractivity contribution < 1.29 is 23.7 Å². The highest BCUT2D eigenvalue weighted by atomic mass is 16.5. The van der Waals surface area contributed by atoms with Gasteiger partial charge in [-0.15, -0.1) is 0 Å². The molecule has 0 spiro atoms. The molecule has 5 aromatic carbocycles. The van der Waals surface area contributed by atoms with Crippen LogP contribution in [0.5, 0.6) is 23.0 Å². The highest BCUT2D eigenvalue weighted by molar-refractivity contribution is 5.22. The van der Waals surface area contributed by atoms with Crippen LogP contribution < -0.4 is 18.9 Å². The van der Waals surface area contributed by atoms with E-state index >= 15 is 0 Å². The minimum Gasteiger partial charge on any atom is -0.497 e. The number of para-hydroxylation sites is 4. The van der Waals surface area contributed by atoms with Crippen LogP contribution in [0.1, 0.15) is 129 Å². The van der Waals surface area contributed by atoms with Crippen LogP contribution >= 0.6 is 0 Å². The molecule has 0 unspecified atom stereocenters. The molecule has 340 valence electrons. The zero-order valence-corrected chi connectivity index (χ0v) is 41.0. The van der Waals surface area contributed by atoms with E-state index in [1.807, 2.05) is 183 Å². The van der Waals surface area contributed by atoms with Crippen molar-refractivity contribution in [1.82, 2.24) is 0 Å². The van der Waals surface area contributed by atoms with Crippen molar-refractivity contribution in [2.24, 2.45) is 0 Å². The molecule has 0 radical (unpaired) electrons. The predicted octanol–water partition coefficient (Wildman–Crippen LogP) is 17.4. The summed E-state index contributed by atoms with van der Waals surface area (Å²) in [6.07, 6.45) is 2.50. The van der Waals surface area contributed by atoms with Gasteiger partial charge in [-0.1, -0.05) is 220 Å². The van der Waals surface area contributed by atoms with E-state index in [1.165, 1.54) is 18.4 Å². The van der Waals surface area contributed by atoms with Gasteiger partial charge in [0.05, 0.1) is 28.4 Å². The molecule has 5 rings (SSSR count). The van der Waals surface area contributed by atoms with Crippen molar-refractivity contribution in [2.45, 2.75) is 123 Å². The van der Waals surface area contributed by atoms with E-state index in [0.717, 1.165) is 23.0 Å². The van der Waals surface area contributed by atoms with Gasteiger partial charge in [0.2, 0.25) is 0 Å². The number of methoxy groups -OCH3 is 5. The minimum absolute atomic E-state index is 0. The standard InChI is InChI=1S/C9H12.4C7H8O.2C3H8.C2H6O.4C2H6.CH4/c1-8(2)9-6-4-3-5-7-9;4*1-8-7-5-3-2-4-6-7;3*1-3-2;4*1-2;/h3-8H,1-2H3;4*2-6H,1H3;2*3H2,1-2H3;1-2H3;4*1-2H3;1H4. The first kappa shape index (κ1) is 71.9. The molecular weight excluding hydrogens is 729 g/mol. The van der Waals surface area contributed by atoms with Gasteiger partial charge in [-0.25, -0.2) is 0 Å². The summed E-state index contributed by atoms with van der Waals surface area (Å²) in [6.45, 7) is 28.9. The third-order valence-corrected chi connectivity index (χ3v) is 5.38. The minimum atomic E-state index is 0. The van der Waals surface area contributed by atoms with Crippen molar-refractivity contribution in [3.63, 3.8) is 0 Å². The Morgan fingerprint density at radius 3 is 0.542 bits per heavy atom. The topological polar surface area (TPSA) is 46.2 Å². The van der Waals surface area contributed by atoms with E-state index in [4.69, 9.17) is 18.9 Å². The molecule has 0 fully saturated rings. The van der Waals surface area contributed by atoms with Crippen LogP contribution in [0.15, 0.2) is 152 Å². The second-order valence-electron chi connectivity index (χ2n) is 10.5. The Labute approximate surface area is 368 Å². The molecule has 0 aliphatic carbocycles. The molecule has 5 aromatic rings. The Morgan fingerprint density at radius 2 is 0.458 bits per heavy atom. The van der Waals surface area contributed by atoms with Crippen LogP contribution in [0.2, 0.25) is 0 Å². The summed E-state index contributed by atoms with van der Waals surface area (Å²) in [5.74, 6) is 4.30. The molecule has 0 aliphatic heterocycles. The summed E-state index contributed by atoms with van der Waals surface area (Å²) in [4.78, 5) is 0.